The minimum Gasteiger partial charge on any atom is -0.451 e. The Bertz CT molecular complexity index is 1090. The molecule has 0 radical (unpaired) electrons. The molecule has 7 heteroatoms. The number of pyridine rings is 1. The molecule has 1 aliphatic heterocycles. The molecule has 3 heterocycles. The quantitative estimate of drug-likeness (QED) is 0.620. The fraction of sp³-hybridized carbons (Fsp3) is 0.318. The van der Waals surface area contributed by atoms with Crippen LogP contribution in [-0.4, -0.2) is 34.8 Å². The lowest BCUT2D eigenvalue weighted by atomic mass is 9.96. The lowest BCUT2D eigenvalue weighted by Gasteiger charge is -2.31. The molecule has 1 atom stereocenters. The van der Waals surface area contributed by atoms with Crippen molar-refractivity contribution in [2.45, 2.75) is 26.7 Å². The van der Waals surface area contributed by atoms with Gasteiger partial charge in [-0.3, -0.25) is 9.59 Å². The molecule has 1 aliphatic rings. The second-order valence-corrected chi connectivity index (χ2v) is 8.36. The SMILES string of the molecule is Cc1cccc(NC(=O)C2CCCN(C(=O)c3oc4ccc(Br)cc4c3C)C2)n1. The lowest BCUT2D eigenvalue weighted by Crippen LogP contribution is -2.43. The summed E-state index contributed by atoms with van der Waals surface area (Å²) in [6, 6.07) is 11.2. The first-order valence-corrected chi connectivity index (χ1v) is 10.4. The van der Waals surface area contributed by atoms with Crippen molar-refractivity contribution in [3.8, 4) is 0 Å². The molecule has 4 rings (SSSR count). The Morgan fingerprint density at radius 3 is 2.86 bits per heavy atom. The van der Waals surface area contributed by atoms with Gasteiger partial charge in [0.1, 0.15) is 11.4 Å². The van der Waals surface area contributed by atoms with Gasteiger partial charge in [0.25, 0.3) is 5.91 Å². The summed E-state index contributed by atoms with van der Waals surface area (Å²) in [5, 5.41) is 3.79. The number of amides is 2. The molecule has 0 bridgehead atoms. The zero-order chi connectivity index (χ0) is 20.5. The number of rotatable bonds is 3. The second kappa shape index (κ2) is 7.99. The monoisotopic (exact) mass is 455 g/mol. The normalized spacial score (nSPS) is 16.8. The maximum atomic E-state index is 13.1. The maximum Gasteiger partial charge on any atom is 0.289 e. The standard InChI is InChI=1S/C22H22BrN3O3/c1-13-5-3-7-19(24-13)25-21(27)15-6-4-10-26(12-15)22(28)20-14(2)17-11-16(23)8-9-18(17)29-20/h3,5,7-9,11,15H,4,6,10,12H2,1-2H3,(H,24,25,27). The number of benzene rings is 1. The molecule has 0 spiro atoms. The van der Waals surface area contributed by atoms with Gasteiger partial charge in [-0.1, -0.05) is 22.0 Å². The highest BCUT2D eigenvalue weighted by atomic mass is 79.9. The Balaban J connectivity index is 1.50. The van der Waals surface area contributed by atoms with Crippen molar-refractivity contribution >= 4 is 44.5 Å². The topological polar surface area (TPSA) is 75.4 Å². The number of nitrogens with one attached hydrogen (secondary N) is 1. The van der Waals surface area contributed by atoms with Gasteiger partial charge in [-0.25, -0.2) is 4.98 Å². The number of piperidine rings is 1. The molecule has 1 aromatic carbocycles. The number of furan rings is 1. The van der Waals surface area contributed by atoms with E-state index >= 15 is 0 Å². The second-order valence-electron chi connectivity index (χ2n) is 7.44. The number of hydrogen-bond donors (Lipinski definition) is 1. The molecule has 0 saturated carbocycles. The van der Waals surface area contributed by atoms with Crippen molar-refractivity contribution in [1.29, 1.82) is 0 Å². The van der Waals surface area contributed by atoms with Crippen LogP contribution in [0.25, 0.3) is 11.0 Å². The molecule has 3 aromatic rings. The van der Waals surface area contributed by atoms with E-state index in [9.17, 15) is 9.59 Å². The van der Waals surface area contributed by atoms with Crippen molar-refractivity contribution in [2.75, 3.05) is 18.4 Å². The van der Waals surface area contributed by atoms with Gasteiger partial charge >= 0.3 is 0 Å². The van der Waals surface area contributed by atoms with Crippen LogP contribution >= 0.6 is 15.9 Å². The van der Waals surface area contributed by atoms with Crippen LogP contribution in [0.3, 0.4) is 0 Å². The van der Waals surface area contributed by atoms with Crippen molar-refractivity contribution < 1.29 is 14.0 Å². The molecule has 0 aliphatic carbocycles. The van der Waals surface area contributed by atoms with E-state index in [-0.39, 0.29) is 17.7 Å². The predicted molar refractivity (Wildman–Crippen MR) is 115 cm³/mol. The van der Waals surface area contributed by atoms with E-state index in [1.807, 2.05) is 44.2 Å². The van der Waals surface area contributed by atoms with Crippen LogP contribution in [0.2, 0.25) is 0 Å². The van der Waals surface area contributed by atoms with Crippen LogP contribution in [0.5, 0.6) is 0 Å². The van der Waals surface area contributed by atoms with Gasteiger partial charge in [-0.05, 0) is 57.0 Å². The summed E-state index contributed by atoms with van der Waals surface area (Å²) < 4.78 is 6.79. The fourth-order valence-electron chi connectivity index (χ4n) is 3.76. The van der Waals surface area contributed by atoms with E-state index in [1.165, 1.54) is 0 Å². The van der Waals surface area contributed by atoms with Gasteiger partial charge in [0.05, 0.1) is 5.92 Å². The number of fused-ring (bicyclic) bond motifs is 1. The molecule has 29 heavy (non-hydrogen) atoms. The van der Waals surface area contributed by atoms with E-state index in [0.717, 1.165) is 34.0 Å². The molecule has 1 fully saturated rings. The van der Waals surface area contributed by atoms with Crippen molar-refractivity contribution in [1.82, 2.24) is 9.88 Å². The van der Waals surface area contributed by atoms with Crippen LogP contribution in [0, 0.1) is 19.8 Å². The van der Waals surface area contributed by atoms with Crippen LogP contribution in [0.1, 0.15) is 34.7 Å². The molecular weight excluding hydrogens is 434 g/mol. The van der Waals surface area contributed by atoms with Crippen molar-refractivity contribution in [3.63, 3.8) is 0 Å². The van der Waals surface area contributed by atoms with E-state index < -0.39 is 0 Å². The molecule has 2 aromatic heterocycles. The summed E-state index contributed by atoms with van der Waals surface area (Å²) in [5.41, 5.74) is 2.35. The smallest absolute Gasteiger partial charge is 0.289 e. The summed E-state index contributed by atoms with van der Waals surface area (Å²) in [4.78, 5) is 31.9. The number of anilines is 1. The van der Waals surface area contributed by atoms with Crippen LogP contribution in [-0.2, 0) is 4.79 Å². The highest BCUT2D eigenvalue weighted by Gasteiger charge is 2.31. The highest BCUT2D eigenvalue weighted by molar-refractivity contribution is 9.10. The van der Waals surface area contributed by atoms with Gasteiger partial charge in [0.15, 0.2) is 5.76 Å². The molecular formula is C22H22BrN3O3. The third kappa shape index (κ3) is 4.05. The largest absolute Gasteiger partial charge is 0.451 e. The molecule has 150 valence electrons. The van der Waals surface area contributed by atoms with E-state index in [0.29, 0.717) is 30.3 Å². The maximum absolute atomic E-state index is 13.1. The van der Waals surface area contributed by atoms with Crippen LogP contribution in [0.4, 0.5) is 5.82 Å². The first kappa shape index (κ1) is 19.6. The average Bonchev–Trinajstić information content (AvgIpc) is 3.03. The van der Waals surface area contributed by atoms with Gasteiger partial charge in [-0.2, -0.15) is 0 Å². The van der Waals surface area contributed by atoms with Crippen LogP contribution in [0.15, 0.2) is 45.3 Å². The third-order valence-corrected chi connectivity index (χ3v) is 5.80. The van der Waals surface area contributed by atoms with Gasteiger partial charge in [0, 0.05) is 34.2 Å². The zero-order valence-electron chi connectivity index (χ0n) is 16.4. The number of aromatic nitrogens is 1. The fourth-order valence-corrected chi connectivity index (χ4v) is 4.12. The molecule has 1 unspecified atom stereocenters. The summed E-state index contributed by atoms with van der Waals surface area (Å²) in [7, 11) is 0. The lowest BCUT2D eigenvalue weighted by molar-refractivity contribution is -0.121. The van der Waals surface area contributed by atoms with Crippen molar-refractivity contribution in [2.24, 2.45) is 5.92 Å². The van der Waals surface area contributed by atoms with Gasteiger partial charge in [0.2, 0.25) is 5.91 Å². The minimum atomic E-state index is -0.270. The van der Waals surface area contributed by atoms with Crippen LogP contribution < -0.4 is 5.32 Å². The Morgan fingerprint density at radius 1 is 1.24 bits per heavy atom. The van der Waals surface area contributed by atoms with E-state index in [4.69, 9.17) is 4.42 Å². The molecule has 2 amide bonds. The minimum absolute atomic E-state index is 0.106. The summed E-state index contributed by atoms with van der Waals surface area (Å²) in [5.74, 6) is 0.345. The predicted octanol–water partition coefficient (Wildman–Crippen LogP) is 4.70. The van der Waals surface area contributed by atoms with Gasteiger partial charge < -0.3 is 14.6 Å². The molecule has 1 N–H and O–H groups in total. The zero-order valence-corrected chi connectivity index (χ0v) is 18.0. The number of aryl methyl sites for hydroxylation is 2. The Hall–Kier alpha value is -2.67. The van der Waals surface area contributed by atoms with Gasteiger partial charge in [-0.15, -0.1) is 0 Å². The number of hydrogen-bond acceptors (Lipinski definition) is 4. The summed E-state index contributed by atoms with van der Waals surface area (Å²) >= 11 is 3.46. The average molecular weight is 456 g/mol. The number of carbonyl (C=O) groups excluding carboxylic acids is 2. The number of nitrogens with zero attached hydrogens (tertiary/aromatic N) is 2. The van der Waals surface area contributed by atoms with E-state index in [1.54, 1.807) is 11.0 Å². The van der Waals surface area contributed by atoms with E-state index in [2.05, 4.69) is 26.2 Å². The summed E-state index contributed by atoms with van der Waals surface area (Å²) in [6.45, 7) is 4.76. The van der Waals surface area contributed by atoms with Crippen molar-refractivity contribution in [3.05, 3.63) is 57.9 Å². The first-order valence-electron chi connectivity index (χ1n) is 9.65. The number of halogens is 1. The Kier molecular flexibility index (Phi) is 5.41. The number of carbonyl (C=O) groups is 2. The Morgan fingerprint density at radius 2 is 2.07 bits per heavy atom. The molecule has 1 saturated heterocycles. The third-order valence-electron chi connectivity index (χ3n) is 5.31. The Labute approximate surface area is 177 Å². The first-order chi connectivity index (χ1) is 13.9. The highest BCUT2D eigenvalue weighted by Crippen LogP contribution is 2.30. The summed E-state index contributed by atoms with van der Waals surface area (Å²) in [6.07, 6.45) is 1.52. The number of likely N-dealkylation sites (tertiary alicyclic amines) is 1. The molecule has 6 nitrogen and oxygen atoms in total.